The van der Waals surface area contributed by atoms with Gasteiger partial charge in [-0.1, -0.05) is 6.07 Å². The first kappa shape index (κ1) is 18.6. The first-order chi connectivity index (χ1) is 12.3. The molecule has 0 aliphatic carbocycles. The van der Waals surface area contributed by atoms with Crippen molar-refractivity contribution in [2.24, 2.45) is 0 Å². The van der Waals surface area contributed by atoms with E-state index in [1.807, 2.05) is 51.0 Å². The Morgan fingerprint density at radius 1 is 1.23 bits per heavy atom. The number of nitrogens with one attached hydrogen (secondary N) is 2. The number of anilines is 2. The highest BCUT2D eigenvalue weighted by Crippen LogP contribution is 2.38. The molecular formula is C18H27N5O3. The number of nitrogens with zero attached hydrogens (tertiary/aromatic N) is 3. The Morgan fingerprint density at radius 2 is 1.96 bits per heavy atom. The number of likely N-dealkylation sites (N-methyl/N-ethyl adjacent to an activating group) is 1. The van der Waals surface area contributed by atoms with Crippen molar-refractivity contribution in [3.63, 3.8) is 0 Å². The van der Waals surface area contributed by atoms with Gasteiger partial charge in [0.25, 0.3) is 0 Å². The lowest BCUT2D eigenvalue weighted by molar-refractivity contribution is -0.117. The molecule has 2 amide bonds. The quantitative estimate of drug-likeness (QED) is 0.836. The van der Waals surface area contributed by atoms with Crippen LogP contribution in [0.25, 0.3) is 0 Å². The summed E-state index contributed by atoms with van der Waals surface area (Å²) in [7, 11) is 1.96. The second kappa shape index (κ2) is 7.22. The summed E-state index contributed by atoms with van der Waals surface area (Å²) in [6, 6.07) is 5.85. The van der Waals surface area contributed by atoms with Gasteiger partial charge in [0.1, 0.15) is 0 Å². The second-order valence-corrected chi connectivity index (χ2v) is 7.22. The lowest BCUT2D eigenvalue weighted by Gasteiger charge is -2.40. The van der Waals surface area contributed by atoms with E-state index in [1.165, 1.54) is 0 Å². The number of hydrogen-bond acceptors (Lipinski definition) is 6. The average molecular weight is 361 g/mol. The third-order valence-corrected chi connectivity index (χ3v) is 4.62. The van der Waals surface area contributed by atoms with Gasteiger partial charge in [-0.2, -0.15) is 5.53 Å². The van der Waals surface area contributed by atoms with Crippen LogP contribution < -0.4 is 20.8 Å². The third kappa shape index (κ3) is 3.53. The van der Waals surface area contributed by atoms with Crippen LogP contribution in [-0.4, -0.2) is 49.3 Å². The first-order valence-electron chi connectivity index (χ1n) is 8.92. The van der Waals surface area contributed by atoms with Crippen LogP contribution in [0.2, 0.25) is 0 Å². The van der Waals surface area contributed by atoms with Crippen molar-refractivity contribution in [1.82, 2.24) is 16.0 Å². The van der Waals surface area contributed by atoms with Gasteiger partial charge in [0, 0.05) is 27.1 Å². The normalized spacial score (nSPS) is 23.3. The van der Waals surface area contributed by atoms with Crippen molar-refractivity contribution >= 4 is 23.4 Å². The molecule has 2 atom stereocenters. The van der Waals surface area contributed by atoms with E-state index in [0.717, 1.165) is 17.8 Å². The number of fused-ring (bicyclic) bond motifs is 1. The van der Waals surface area contributed by atoms with Gasteiger partial charge in [-0.3, -0.25) is 9.69 Å². The lowest BCUT2D eigenvalue weighted by Crippen LogP contribution is -2.51. The Bertz CT molecular complexity index is 708. The van der Waals surface area contributed by atoms with Crippen molar-refractivity contribution in [3.05, 3.63) is 23.8 Å². The Morgan fingerprint density at radius 3 is 2.54 bits per heavy atom. The number of carbonyl (C=O) groups excluding carboxylic acids is 2. The molecule has 1 fully saturated rings. The molecule has 0 saturated carbocycles. The highest BCUT2D eigenvalue weighted by atomic mass is 16.6. The Labute approximate surface area is 154 Å². The van der Waals surface area contributed by atoms with Crippen LogP contribution in [-0.2, 0) is 9.53 Å². The van der Waals surface area contributed by atoms with Crippen molar-refractivity contribution < 1.29 is 14.3 Å². The summed E-state index contributed by atoms with van der Waals surface area (Å²) in [6.07, 6.45) is -0.590. The molecule has 8 heteroatoms. The van der Waals surface area contributed by atoms with Gasteiger partial charge < -0.3 is 9.64 Å². The van der Waals surface area contributed by atoms with E-state index in [9.17, 15) is 9.59 Å². The second-order valence-electron chi connectivity index (χ2n) is 7.22. The third-order valence-electron chi connectivity index (χ3n) is 4.62. The minimum atomic E-state index is -0.386. The fourth-order valence-corrected chi connectivity index (χ4v) is 3.52. The van der Waals surface area contributed by atoms with Gasteiger partial charge in [0.2, 0.25) is 5.91 Å². The summed E-state index contributed by atoms with van der Waals surface area (Å²) in [5.41, 5.74) is 8.75. The summed E-state index contributed by atoms with van der Waals surface area (Å²) >= 11 is 0. The van der Waals surface area contributed by atoms with Gasteiger partial charge in [-0.25, -0.2) is 15.2 Å². The number of amides is 2. The van der Waals surface area contributed by atoms with Crippen LogP contribution in [0.5, 0.6) is 0 Å². The standard InChI is InChI=1S/C18H27N5O3/c1-11(2)26-18(25)22-9-12(3)23(13(4)24)16-7-6-14(8-17(16)22)15-10-21(5)20-19-15/h6-8,11-12,15,19-20H,9-10H2,1-5H3/t12-,15?/m0/s1. The maximum atomic E-state index is 12.6. The highest BCUT2D eigenvalue weighted by molar-refractivity contribution is 6.02. The van der Waals surface area contributed by atoms with E-state index < -0.39 is 0 Å². The topological polar surface area (TPSA) is 77.2 Å². The summed E-state index contributed by atoms with van der Waals surface area (Å²) in [5.74, 6) is -0.0382. The van der Waals surface area contributed by atoms with Crippen LogP contribution in [0.15, 0.2) is 18.2 Å². The zero-order chi connectivity index (χ0) is 19.0. The smallest absolute Gasteiger partial charge is 0.414 e. The first-order valence-corrected chi connectivity index (χ1v) is 8.92. The zero-order valence-corrected chi connectivity index (χ0v) is 15.9. The minimum Gasteiger partial charge on any atom is -0.446 e. The van der Waals surface area contributed by atoms with Crippen molar-refractivity contribution in [1.29, 1.82) is 0 Å². The number of hydrazine groups is 2. The Kier molecular flexibility index (Phi) is 5.17. The van der Waals surface area contributed by atoms with Crippen LogP contribution in [0.1, 0.15) is 39.3 Å². The Hall–Kier alpha value is -2.16. The van der Waals surface area contributed by atoms with E-state index in [2.05, 4.69) is 11.0 Å². The van der Waals surface area contributed by atoms with E-state index in [1.54, 1.807) is 16.7 Å². The van der Waals surface area contributed by atoms with E-state index in [0.29, 0.717) is 12.2 Å². The zero-order valence-electron chi connectivity index (χ0n) is 15.9. The highest BCUT2D eigenvalue weighted by Gasteiger charge is 2.35. The van der Waals surface area contributed by atoms with Gasteiger partial charge in [0.05, 0.1) is 29.6 Å². The maximum Gasteiger partial charge on any atom is 0.414 e. The monoisotopic (exact) mass is 361 g/mol. The maximum absolute atomic E-state index is 12.6. The summed E-state index contributed by atoms with van der Waals surface area (Å²) in [5, 5.41) is 1.96. The molecule has 2 aliphatic rings. The van der Waals surface area contributed by atoms with Gasteiger partial charge in [0.15, 0.2) is 0 Å². The summed E-state index contributed by atoms with van der Waals surface area (Å²) in [4.78, 5) is 28.2. The minimum absolute atomic E-state index is 0.0382. The number of ether oxygens (including phenoxy) is 1. The molecule has 2 N–H and O–H groups in total. The molecule has 2 aliphatic heterocycles. The predicted molar refractivity (Wildman–Crippen MR) is 99.7 cm³/mol. The molecule has 1 unspecified atom stereocenters. The molecule has 0 aromatic heterocycles. The molecule has 142 valence electrons. The number of benzene rings is 1. The number of carbonyl (C=O) groups is 2. The Balaban J connectivity index is 2.01. The van der Waals surface area contributed by atoms with Crippen molar-refractivity contribution in [2.75, 3.05) is 29.9 Å². The van der Waals surface area contributed by atoms with Crippen LogP contribution >= 0.6 is 0 Å². The largest absolute Gasteiger partial charge is 0.446 e. The molecule has 0 bridgehead atoms. The van der Waals surface area contributed by atoms with Crippen LogP contribution in [0.4, 0.5) is 16.2 Å². The SMILES string of the molecule is CC(=O)N1c2ccc(C3CN(C)NN3)cc2N(C(=O)OC(C)C)C[C@@H]1C. The molecular weight excluding hydrogens is 334 g/mol. The molecule has 1 saturated heterocycles. The molecule has 8 nitrogen and oxygen atoms in total. The van der Waals surface area contributed by atoms with Gasteiger partial charge >= 0.3 is 6.09 Å². The molecule has 26 heavy (non-hydrogen) atoms. The van der Waals surface area contributed by atoms with E-state index >= 15 is 0 Å². The van der Waals surface area contributed by atoms with Gasteiger partial charge in [-0.05, 0) is 38.5 Å². The summed E-state index contributed by atoms with van der Waals surface area (Å²) < 4.78 is 5.42. The summed E-state index contributed by atoms with van der Waals surface area (Å²) in [6.45, 7) is 8.34. The predicted octanol–water partition coefficient (Wildman–Crippen LogP) is 1.79. The fraction of sp³-hybridized carbons (Fsp3) is 0.556. The molecule has 0 radical (unpaired) electrons. The van der Waals surface area contributed by atoms with E-state index in [4.69, 9.17) is 4.74 Å². The lowest BCUT2D eigenvalue weighted by atomic mass is 10.0. The average Bonchev–Trinajstić information content (AvgIpc) is 2.99. The van der Waals surface area contributed by atoms with E-state index in [-0.39, 0.29) is 30.2 Å². The molecule has 0 spiro atoms. The van der Waals surface area contributed by atoms with Crippen LogP contribution in [0, 0.1) is 0 Å². The van der Waals surface area contributed by atoms with Crippen molar-refractivity contribution in [2.45, 2.75) is 45.9 Å². The molecule has 1 aromatic carbocycles. The molecule has 3 rings (SSSR count). The fourth-order valence-electron chi connectivity index (χ4n) is 3.52. The number of rotatable bonds is 2. The van der Waals surface area contributed by atoms with Crippen molar-refractivity contribution in [3.8, 4) is 0 Å². The van der Waals surface area contributed by atoms with Gasteiger partial charge in [-0.15, -0.1) is 0 Å². The van der Waals surface area contributed by atoms with Crippen LogP contribution in [0.3, 0.4) is 0 Å². The molecule has 1 aromatic rings. The molecule has 2 heterocycles. The number of hydrogen-bond donors (Lipinski definition) is 2.